The summed E-state index contributed by atoms with van der Waals surface area (Å²) in [6.45, 7) is 7.13. The third-order valence-corrected chi connectivity index (χ3v) is 5.19. The van der Waals surface area contributed by atoms with Gasteiger partial charge in [0.15, 0.2) is 5.82 Å². The maximum absolute atomic E-state index is 12.3. The highest BCUT2D eigenvalue weighted by atomic mass is 16.2. The smallest absolute Gasteiger partial charge is 0.317 e. The number of nitrogens with zero attached hydrogens (tertiary/aromatic N) is 4. The summed E-state index contributed by atoms with van der Waals surface area (Å²) in [7, 11) is 0. The number of aromatic nitrogens is 2. The van der Waals surface area contributed by atoms with Crippen LogP contribution in [0.25, 0.3) is 16.6 Å². The fourth-order valence-corrected chi connectivity index (χ4v) is 3.47. The van der Waals surface area contributed by atoms with Gasteiger partial charge in [0.25, 0.3) is 0 Å². The number of benzene rings is 1. The predicted octanol–water partition coefficient (Wildman–Crippen LogP) is 3.12. The van der Waals surface area contributed by atoms with Crippen molar-refractivity contribution in [1.82, 2.24) is 19.6 Å². The van der Waals surface area contributed by atoms with E-state index in [9.17, 15) is 4.79 Å². The van der Waals surface area contributed by atoms with Crippen LogP contribution in [0, 0.1) is 0 Å². The van der Waals surface area contributed by atoms with Crippen molar-refractivity contribution in [2.24, 2.45) is 0 Å². The fourth-order valence-electron chi connectivity index (χ4n) is 3.47. The molecule has 0 spiro atoms. The predicted molar refractivity (Wildman–Crippen MR) is 105 cm³/mol. The van der Waals surface area contributed by atoms with E-state index in [4.69, 9.17) is 4.98 Å². The Balaban J connectivity index is 1.56. The number of piperazine rings is 1. The van der Waals surface area contributed by atoms with Crippen LogP contribution in [0.2, 0.25) is 0 Å². The number of amides is 2. The first-order chi connectivity index (χ1) is 12.7. The first kappa shape index (κ1) is 16.7. The average molecular weight is 351 g/mol. The number of nitrogens with one attached hydrogen (secondary N) is 1. The summed E-state index contributed by atoms with van der Waals surface area (Å²) in [5, 5.41) is 3.05. The number of fused-ring (bicyclic) bond motifs is 3. The van der Waals surface area contributed by atoms with Crippen LogP contribution >= 0.6 is 0 Å². The van der Waals surface area contributed by atoms with E-state index in [2.05, 4.69) is 45.9 Å². The molecule has 1 aliphatic heterocycles. The van der Waals surface area contributed by atoms with Crippen molar-refractivity contribution < 1.29 is 4.79 Å². The second-order valence-electron chi connectivity index (χ2n) is 6.92. The van der Waals surface area contributed by atoms with Gasteiger partial charge >= 0.3 is 6.03 Å². The van der Waals surface area contributed by atoms with Gasteiger partial charge in [0.05, 0.1) is 16.6 Å². The van der Waals surface area contributed by atoms with Gasteiger partial charge < -0.3 is 19.5 Å². The Morgan fingerprint density at radius 1 is 1.12 bits per heavy atom. The fraction of sp³-hybridized carbons (Fsp3) is 0.400. The van der Waals surface area contributed by atoms with Crippen molar-refractivity contribution in [2.75, 3.05) is 31.1 Å². The van der Waals surface area contributed by atoms with Gasteiger partial charge in [0, 0.05) is 38.4 Å². The average Bonchev–Trinajstić information content (AvgIpc) is 3.17. The second-order valence-corrected chi connectivity index (χ2v) is 6.92. The van der Waals surface area contributed by atoms with Gasteiger partial charge in [-0.1, -0.05) is 19.1 Å². The lowest BCUT2D eigenvalue weighted by Gasteiger charge is -2.36. The van der Waals surface area contributed by atoms with E-state index in [-0.39, 0.29) is 12.1 Å². The zero-order valence-corrected chi connectivity index (χ0v) is 15.4. The summed E-state index contributed by atoms with van der Waals surface area (Å²) in [6.07, 6.45) is 3.03. The lowest BCUT2D eigenvalue weighted by atomic mass is 10.2. The van der Waals surface area contributed by atoms with Gasteiger partial charge in [-0.2, -0.15) is 0 Å². The van der Waals surface area contributed by atoms with E-state index in [1.165, 1.54) is 0 Å². The van der Waals surface area contributed by atoms with E-state index in [0.717, 1.165) is 41.9 Å². The molecule has 2 aromatic heterocycles. The number of hydrogen-bond donors (Lipinski definition) is 1. The number of urea groups is 1. The normalized spacial score (nSPS) is 16.2. The van der Waals surface area contributed by atoms with E-state index in [1.54, 1.807) is 0 Å². The Morgan fingerprint density at radius 3 is 2.62 bits per heavy atom. The minimum absolute atomic E-state index is 0.0401. The standard InChI is InChI=1S/C20H25N5O/c1-3-15(2)21-20(26)24-13-11-23(12-14-24)19-18-9-6-10-25(18)17-8-5-4-7-16(17)22-19/h4-10,15H,3,11-14H2,1-2H3,(H,21,26). The molecule has 1 aliphatic rings. The molecule has 2 amide bonds. The molecule has 1 fully saturated rings. The van der Waals surface area contributed by atoms with Gasteiger partial charge in [0.1, 0.15) is 0 Å². The number of anilines is 1. The monoisotopic (exact) mass is 351 g/mol. The summed E-state index contributed by atoms with van der Waals surface area (Å²) >= 11 is 0. The van der Waals surface area contributed by atoms with Gasteiger partial charge in [0.2, 0.25) is 0 Å². The SMILES string of the molecule is CCC(C)NC(=O)N1CCN(c2nc3ccccc3n3cccc23)CC1. The lowest BCUT2D eigenvalue weighted by molar-refractivity contribution is 0.190. The quantitative estimate of drug-likeness (QED) is 0.789. The Bertz CT molecular complexity index is 926. The molecule has 0 radical (unpaired) electrons. The Kier molecular flexibility index (Phi) is 4.41. The summed E-state index contributed by atoms with van der Waals surface area (Å²) < 4.78 is 2.19. The molecule has 1 atom stereocenters. The molecule has 26 heavy (non-hydrogen) atoms. The highest BCUT2D eigenvalue weighted by Gasteiger charge is 2.24. The molecule has 6 heteroatoms. The van der Waals surface area contributed by atoms with Gasteiger partial charge in [-0.3, -0.25) is 0 Å². The largest absolute Gasteiger partial charge is 0.351 e. The number of rotatable bonds is 3. The Morgan fingerprint density at radius 2 is 1.85 bits per heavy atom. The van der Waals surface area contributed by atoms with Crippen molar-refractivity contribution in [3.63, 3.8) is 0 Å². The first-order valence-electron chi connectivity index (χ1n) is 9.33. The lowest BCUT2D eigenvalue weighted by Crippen LogP contribution is -2.53. The summed E-state index contributed by atoms with van der Waals surface area (Å²) in [5.74, 6) is 0.996. The summed E-state index contributed by atoms with van der Waals surface area (Å²) in [5.41, 5.74) is 3.21. The third kappa shape index (κ3) is 2.96. The van der Waals surface area contributed by atoms with Crippen molar-refractivity contribution >= 4 is 28.4 Å². The molecule has 0 bridgehead atoms. The van der Waals surface area contributed by atoms with Crippen LogP contribution in [-0.4, -0.2) is 52.5 Å². The van der Waals surface area contributed by atoms with Crippen LogP contribution in [0.5, 0.6) is 0 Å². The van der Waals surface area contributed by atoms with Crippen molar-refractivity contribution in [2.45, 2.75) is 26.3 Å². The molecule has 1 saturated heterocycles. The summed E-state index contributed by atoms with van der Waals surface area (Å²) in [6, 6.07) is 12.6. The van der Waals surface area contributed by atoms with Crippen LogP contribution < -0.4 is 10.2 Å². The van der Waals surface area contributed by atoms with Crippen LogP contribution in [0.1, 0.15) is 20.3 Å². The molecule has 1 N–H and O–H groups in total. The zero-order chi connectivity index (χ0) is 18.1. The van der Waals surface area contributed by atoms with Crippen molar-refractivity contribution in [3.8, 4) is 0 Å². The second kappa shape index (κ2) is 6.86. The van der Waals surface area contributed by atoms with Crippen molar-refractivity contribution in [1.29, 1.82) is 0 Å². The minimum Gasteiger partial charge on any atom is -0.351 e. The van der Waals surface area contributed by atoms with Crippen molar-refractivity contribution in [3.05, 3.63) is 42.6 Å². The maximum atomic E-state index is 12.3. The minimum atomic E-state index is 0.0401. The maximum Gasteiger partial charge on any atom is 0.317 e. The molecule has 6 nitrogen and oxygen atoms in total. The number of para-hydroxylation sites is 2. The molecule has 1 unspecified atom stereocenters. The van der Waals surface area contributed by atoms with Crippen LogP contribution in [-0.2, 0) is 0 Å². The molecular weight excluding hydrogens is 326 g/mol. The molecule has 136 valence electrons. The highest BCUT2D eigenvalue weighted by Crippen LogP contribution is 2.26. The molecule has 3 heterocycles. The molecular formula is C20H25N5O. The van der Waals surface area contributed by atoms with Gasteiger partial charge in [-0.25, -0.2) is 9.78 Å². The number of carbonyl (C=O) groups excluding carboxylic acids is 1. The molecule has 0 saturated carbocycles. The molecule has 3 aromatic rings. The Labute approximate surface area is 153 Å². The van der Waals surface area contributed by atoms with E-state index in [0.29, 0.717) is 13.1 Å². The van der Waals surface area contributed by atoms with Gasteiger partial charge in [-0.15, -0.1) is 0 Å². The zero-order valence-electron chi connectivity index (χ0n) is 15.4. The highest BCUT2D eigenvalue weighted by molar-refractivity contribution is 5.85. The van der Waals surface area contributed by atoms with E-state index < -0.39 is 0 Å². The van der Waals surface area contributed by atoms with E-state index in [1.807, 2.05) is 30.0 Å². The van der Waals surface area contributed by atoms with E-state index >= 15 is 0 Å². The van der Waals surface area contributed by atoms with Crippen LogP contribution in [0.15, 0.2) is 42.6 Å². The van der Waals surface area contributed by atoms with Crippen LogP contribution in [0.3, 0.4) is 0 Å². The first-order valence-corrected chi connectivity index (χ1v) is 9.33. The Hall–Kier alpha value is -2.76. The van der Waals surface area contributed by atoms with Crippen LogP contribution in [0.4, 0.5) is 10.6 Å². The third-order valence-electron chi connectivity index (χ3n) is 5.19. The molecule has 1 aromatic carbocycles. The topological polar surface area (TPSA) is 52.9 Å². The molecule has 0 aliphatic carbocycles. The number of carbonyl (C=O) groups is 1. The number of hydrogen-bond acceptors (Lipinski definition) is 3. The summed E-state index contributed by atoms with van der Waals surface area (Å²) in [4.78, 5) is 21.4. The molecule has 4 rings (SSSR count). The van der Waals surface area contributed by atoms with Gasteiger partial charge in [-0.05, 0) is 37.6 Å².